The molecule has 1 heterocycles. The van der Waals surface area contributed by atoms with Gasteiger partial charge in [-0.1, -0.05) is 36.4 Å². The average Bonchev–Trinajstić information content (AvgIpc) is 2.42. The summed E-state index contributed by atoms with van der Waals surface area (Å²) in [5, 5.41) is 15.3. The molecule has 3 nitrogen and oxygen atoms in total. The summed E-state index contributed by atoms with van der Waals surface area (Å²) in [5.74, 6) is 0.860. The Morgan fingerprint density at radius 3 is 2.83 bits per heavy atom. The summed E-state index contributed by atoms with van der Waals surface area (Å²) in [6, 6.07) is 14.2. The van der Waals surface area contributed by atoms with Crippen molar-refractivity contribution >= 4 is 10.8 Å². The minimum Gasteiger partial charge on any atom is -0.487 e. The zero-order chi connectivity index (χ0) is 12.4. The number of aliphatic hydroxyl groups is 1. The highest BCUT2D eigenvalue weighted by Crippen LogP contribution is 2.27. The first-order valence-electron chi connectivity index (χ1n) is 6.38. The zero-order valence-electron chi connectivity index (χ0n) is 10.2. The van der Waals surface area contributed by atoms with Gasteiger partial charge in [0.15, 0.2) is 0 Å². The first kappa shape index (κ1) is 11.5. The second-order valence-corrected chi connectivity index (χ2v) is 4.69. The molecule has 2 atom stereocenters. The van der Waals surface area contributed by atoms with Crippen LogP contribution >= 0.6 is 0 Å². The Balaban J connectivity index is 1.90. The maximum Gasteiger partial charge on any atom is 0.127 e. The molecule has 0 bridgehead atoms. The molecule has 3 rings (SSSR count). The molecule has 1 saturated heterocycles. The van der Waals surface area contributed by atoms with Crippen LogP contribution in [0.2, 0.25) is 0 Å². The van der Waals surface area contributed by atoms with Crippen molar-refractivity contribution in [2.45, 2.75) is 18.6 Å². The maximum absolute atomic E-state index is 9.91. The van der Waals surface area contributed by atoms with E-state index in [2.05, 4.69) is 23.5 Å². The third-order valence-electron chi connectivity index (χ3n) is 3.42. The van der Waals surface area contributed by atoms with Crippen LogP contribution in [0, 0.1) is 0 Å². The molecule has 0 aromatic heterocycles. The van der Waals surface area contributed by atoms with Crippen LogP contribution in [0.3, 0.4) is 0 Å². The van der Waals surface area contributed by atoms with Crippen molar-refractivity contribution in [3.05, 3.63) is 42.5 Å². The molecule has 18 heavy (non-hydrogen) atoms. The summed E-state index contributed by atoms with van der Waals surface area (Å²) in [5.41, 5.74) is 0. The maximum atomic E-state index is 9.91. The number of aliphatic hydroxyl groups excluding tert-OH is 1. The van der Waals surface area contributed by atoms with E-state index in [1.807, 2.05) is 24.3 Å². The summed E-state index contributed by atoms with van der Waals surface area (Å²) < 4.78 is 5.99. The van der Waals surface area contributed by atoms with Crippen LogP contribution in [0.4, 0.5) is 0 Å². The van der Waals surface area contributed by atoms with E-state index < -0.39 is 6.10 Å². The van der Waals surface area contributed by atoms with Crippen molar-refractivity contribution in [1.29, 1.82) is 0 Å². The van der Waals surface area contributed by atoms with Gasteiger partial charge in [0.05, 0.1) is 0 Å². The molecule has 0 unspecified atom stereocenters. The van der Waals surface area contributed by atoms with Gasteiger partial charge < -0.3 is 15.2 Å². The Labute approximate surface area is 106 Å². The molecule has 94 valence electrons. The Morgan fingerprint density at radius 2 is 1.94 bits per heavy atom. The molecule has 0 spiro atoms. The highest BCUT2D eigenvalue weighted by molar-refractivity contribution is 5.88. The van der Waals surface area contributed by atoms with Crippen LogP contribution in [0.5, 0.6) is 5.75 Å². The van der Waals surface area contributed by atoms with E-state index in [9.17, 15) is 5.11 Å². The standard InChI is InChI=1S/C15H17NO2/c17-13-10-16-9-8-15(13)18-14-7-3-5-11-4-1-2-6-12(11)14/h1-7,13,15-17H,8-10H2/t13-,15-/m0/s1. The lowest BCUT2D eigenvalue weighted by molar-refractivity contribution is 0.0171. The van der Waals surface area contributed by atoms with E-state index in [0.717, 1.165) is 24.1 Å². The number of hydrogen-bond acceptors (Lipinski definition) is 3. The third kappa shape index (κ3) is 2.19. The van der Waals surface area contributed by atoms with Gasteiger partial charge in [0.1, 0.15) is 18.0 Å². The number of benzene rings is 2. The van der Waals surface area contributed by atoms with Crippen molar-refractivity contribution in [2.75, 3.05) is 13.1 Å². The molecule has 1 aliphatic rings. The summed E-state index contributed by atoms with van der Waals surface area (Å²) in [6.45, 7) is 1.50. The molecule has 0 saturated carbocycles. The summed E-state index contributed by atoms with van der Waals surface area (Å²) >= 11 is 0. The van der Waals surface area contributed by atoms with Crippen LogP contribution in [0.15, 0.2) is 42.5 Å². The van der Waals surface area contributed by atoms with Crippen molar-refractivity contribution in [3.8, 4) is 5.75 Å². The second-order valence-electron chi connectivity index (χ2n) is 4.69. The summed E-state index contributed by atoms with van der Waals surface area (Å²) in [4.78, 5) is 0. The van der Waals surface area contributed by atoms with Crippen molar-refractivity contribution < 1.29 is 9.84 Å². The van der Waals surface area contributed by atoms with Crippen LogP contribution in [-0.4, -0.2) is 30.4 Å². The van der Waals surface area contributed by atoms with Gasteiger partial charge in [0, 0.05) is 11.9 Å². The zero-order valence-corrected chi connectivity index (χ0v) is 10.2. The molecule has 2 aromatic carbocycles. The normalized spacial score (nSPS) is 24.1. The van der Waals surface area contributed by atoms with Gasteiger partial charge >= 0.3 is 0 Å². The van der Waals surface area contributed by atoms with Gasteiger partial charge in [0.25, 0.3) is 0 Å². The summed E-state index contributed by atoms with van der Waals surface area (Å²) in [6.07, 6.45) is 0.291. The highest BCUT2D eigenvalue weighted by atomic mass is 16.5. The van der Waals surface area contributed by atoms with Crippen LogP contribution in [0.25, 0.3) is 10.8 Å². The quantitative estimate of drug-likeness (QED) is 0.847. The minimum atomic E-state index is -0.433. The molecular formula is C15H17NO2. The lowest BCUT2D eigenvalue weighted by Crippen LogP contribution is -2.46. The molecule has 3 heteroatoms. The molecule has 0 amide bonds. The lowest BCUT2D eigenvalue weighted by Gasteiger charge is -2.29. The first-order valence-corrected chi connectivity index (χ1v) is 6.38. The fourth-order valence-corrected chi connectivity index (χ4v) is 2.42. The van der Waals surface area contributed by atoms with E-state index in [1.165, 1.54) is 5.39 Å². The fraction of sp³-hybridized carbons (Fsp3) is 0.333. The number of ether oxygens (including phenoxy) is 1. The number of β-amino-alcohol motifs (C(OH)–C–C–N with tert-alkyl or cyclic N) is 1. The van der Waals surface area contributed by atoms with Crippen molar-refractivity contribution in [1.82, 2.24) is 5.32 Å². The van der Waals surface area contributed by atoms with E-state index in [-0.39, 0.29) is 6.10 Å². The van der Waals surface area contributed by atoms with Gasteiger partial charge in [-0.25, -0.2) is 0 Å². The highest BCUT2D eigenvalue weighted by Gasteiger charge is 2.24. The van der Waals surface area contributed by atoms with Crippen molar-refractivity contribution in [3.63, 3.8) is 0 Å². The van der Waals surface area contributed by atoms with Crippen LogP contribution in [0.1, 0.15) is 6.42 Å². The average molecular weight is 243 g/mol. The van der Waals surface area contributed by atoms with E-state index in [0.29, 0.717) is 6.54 Å². The molecule has 2 aromatic rings. The molecular weight excluding hydrogens is 226 g/mol. The first-order chi connectivity index (χ1) is 8.84. The van der Waals surface area contributed by atoms with Crippen LogP contribution < -0.4 is 10.1 Å². The van der Waals surface area contributed by atoms with E-state index in [4.69, 9.17) is 4.74 Å². The Bertz CT molecular complexity index is 536. The van der Waals surface area contributed by atoms with Crippen LogP contribution in [-0.2, 0) is 0 Å². The van der Waals surface area contributed by atoms with E-state index in [1.54, 1.807) is 0 Å². The largest absolute Gasteiger partial charge is 0.487 e. The predicted octanol–water partition coefficient (Wildman–Crippen LogP) is 1.94. The Morgan fingerprint density at radius 1 is 1.11 bits per heavy atom. The molecule has 2 N–H and O–H groups in total. The Kier molecular flexibility index (Phi) is 3.17. The minimum absolute atomic E-state index is 0.114. The SMILES string of the molecule is O[C@H]1CNCC[C@@H]1Oc1cccc2ccccc12. The number of nitrogens with one attached hydrogen (secondary N) is 1. The lowest BCUT2D eigenvalue weighted by atomic mass is 10.1. The Hall–Kier alpha value is -1.58. The predicted molar refractivity (Wildman–Crippen MR) is 71.9 cm³/mol. The number of piperidine rings is 1. The fourth-order valence-electron chi connectivity index (χ4n) is 2.42. The van der Waals surface area contributed by atoms with Gasteiger partial charge in [-0.15, -0.1) is 0 Å². The molecule has 0 aliphatic carbocycles. The third-order valence-corrected chi connectivity index (χ3v) is 3.42. The molecule has 0 radical (unpaired) electrons. The van der Waals surface area contributed by atoms with E-state index >= 15 is 0 Å². The monoisotopic (exact) mass is 243 g/mol. The number of fused-ring (bicyclic) bond motifs is 1. The van der Waals surface area contributed by atoms with Gasteiger partial charge in [-0.05, 0) is 24.4 Å². The number of hydrogen-bond donors (Lipinski definition) is 2. The topological polar surface area (TPSA) is 41.5 Å². The smallest absolute Gasteiger partial charge is 0.127 e. The summed E-state index contributed by atoms with van der Waals surface area (Å²) in [7, 11) is 0. The number of rotatable bonds is 2. The second kappa shape index (κ2) is 4.96. The van der Waals surface area contributed by atoms with Gasteiger partial charge in [-0.2, -0.15) is 0 Å². The molecule has 1 aliphatic heterocycles. The van der Waals surface area contributed by atoms with Crippen molar-refractivity contribution in [2.24, 2.45) is 0 Å². The molecule has 1 fully saturated rings. The van der Waals surface area contributed by atoms with Gasteiger partial charge in [0.2, 0.25) is 0 Å². The van der Waals surface area contributed by atoms with Gasteiger partial charge in [-0.3, -0.25) is 0 Å².